The molecule has 0 saturated carbocycles. The second-order valence-corrected chi connectivity index (χ2v) is 8.81. The van der Waals surface area contributed by atoms with E-state index in [1.807, 2.05) is 0 Å². The van der Waals surface area contributed by atoms with Crippen LogP contribution >= 0.6 is 11.3 Å². The Morgan fingerprint density at radius 1 is 1.26 bits per heavy atom. The van der Waals surface area contributed by atoms with Gasteiger partial charge in [-0.05, 0) is 52.9 Å². The Kier molecular flexibility index (Phi) is 4.50. The molecule has 3 aromatic rings. The maximum Gasteiger partial charge on any atom is 0.254 e. The zero-order chi connectivity index (χ0) is 19.0. The molecule has 1 aromatic carbocycles. The lowest BCUT2D eigenvalue weighted by Crippen LogP contribution is -2.24. The average molecular weight is 404 g/mol. The number of thiophene rings is 1. The number of aromatic nitrogens is 4. The smallest absolute Gasteiger partial charge is 0.254 e. The van der Waals surface area contributed by atoms with Gasteiger partial charge in [0.1, 0.15) is 11.3 Å². The van der Waals surface area contributed by atoms with Gasteiger partial charge in [0.05, 0.1) is 10.5 Å². The van der Waals surface area contributed by atoms with Gasteiger partial charge in [-0.25, -0.2) is 13.6 Å². The van der Waals surface area contributed by atoms with Crippen molar-refractivity contribution in [3.63, 3.8) is 0 Å². The molecule has 0 radical (unpaired) electrons. The molecule has 0 fully saturated rings. The van der Waals surface area contributed by atoms with Gasteiger partial charge in [-0.15, -0.1) is 16.4 Å². The number of aryl methyl sites for hydroxylation is 1. The highest BCUT2D eigenvalue weighted by molar-refractivity contribution is 7.89. The first kappa shape index (κ1) is 17.8. The quantitative estimate of drug-likeness (QED) is 0.646. The standard InChI is InChI=1S/C16H16N6O3S2/c17-27(24,25)11-6-4-10(5-7-11)8-18-15(23)14-12-2-1-3-13(12)26-16(14)22-9-19-20-21-22/h4-7,9H,1-3,8H2,(H,18,23)(H2,17,24,25). The number of hydrogen-bond donors (Lipinski definition) is 2. The van der Waals surface area contributed by atoms with E-state index >= 15 is 0 Å². The minimum absolute atomic E-state index is 0.0363. The number of fused-ring (bicyclic) bond motifs is 1. The summed E-state index contributed by atoms with van der Waals surface area (Å²) in [5, 5.41) is 19.9. The number of sulfonamides is 1. The van der Waals surface area contributed by atoms with E-state index in [4.69, 9.17) is 5.14 Å². The molecule has 0 aliphatic heterocycles. The van der Waals surface area contributed by atoms with Gasteiger partial charge < -0.3 is 5.32 Å². The molecule has 2 aromatic heterocycles. The summed E-state index contributed by atoms with van der Waals surface area (Å²) in [6.45, 7) is 0.267. The molecule has 0 atom stereocenters. The number of tetrazole rings is 1. The lowest BCUT2D eigenvalue weighted by Gasteiger charge is -2.08. The van der Waals surface area contributed by atoms with E-state index in [9.17, 15) is 13.2 Å². The Morgan fingerprint density at radius 2 is 2.04 bits per heavy atom. The lowest BCUT2D eigenvalue weighted by atomic mass is 10.1. The monoisotopic (exact) mass is 404 g/mol. The van der Waals surface area contributed by atoms with Crippen LogP contribution in [0.3, 0.4) is 0 Å². The van der Waals surface area contributed by atoms with E-state index in [-0.39, 0.29) is 17.3 Å². The Balaban J connectivity index is 1.55. The summed E-state index contributed by atoms with van der Waals surface area (Å²) in [5.41, 5.74) is 2.44. The number of hydrogen-bond acceptors (Lipinski definition) is 7. The molecule has 2 heterocycles. The molecule has 0 saturated heterocycles. The van der Waals surface area contributed by atoms with Crippen LogP contribution in [0.5, 0.6) is 0 Å². The normalized spacial score (nSPS) is 13.5. The number of carbonyl (C=O) groups excluding carboxylic acids is 1. The zero-order valence-electron chi connectivity index (χ0n) is 14.1. The number of nitrogens with zero attached hydrogens (tertiary/aromatic N) is 4. The third-order valence-electron chi connectivity index (χ3n) is 4.39. The van der Waals surface area contributed by atoms with E-state index in [2.05, 4.69) is 20.8 Å². The van der Waals surface area contributed by atoms with Crippen LogP contribution in [0.25, 0.3) is 5.00 Å². The van der Waals surface area contributed by atoms with Crippen molar-refractivity contribution in [2.24, 2.45) is 5.14 Å². The number of primary sulfonamides is 1. The lowest BCUT2D eigenvalue weighted by molar-refractivity contribution is 0.0950. The summed E-state index contributed by atoms with van der Waals surface area (Å²) in [4.78, 5) is 14.1. The van der Waals surface area contributed by atoms with E-state index in [0.717, 1.165) is 30.4 Å². The van der Waals surface area contributed by atoms with E-state index < -0.39 is 10.0 Å². The van der Waals surface area contributed by atoms with Crippen LogP contribution in [0.15, 0.2) is 35.5 Å². The van der Waals surface area contributed by atoms with Crippen molar-refractivity contribution < 1.29 is 13.2 Å². The highest BCUT2D eigenvalue weighted by Gasteiger charge is 2.27. The van der Waals surface area contributed by atoms with Crippen LogP contribution in [0.4, 0.5) is 0 Å². The average Bonchev–Trinajstić information content (AvgIpc) is 3.35. The van der Waals surface area contributed by atoms with Gasteiger partial charge in [0, 0.05) is 11.4 Å². The van der Waals surface area contributed by atoms with Gasteiger partial charge >= 0.3 is 0 Å². The van der Waals surface area contributed by atoms with Gasteiger partial charge in [-0.2, -0.15) is 4.68 Å². The van der Waals surface area contributed by atoms with Gasteiger partial charge in [-0.1, -0.05) is 12.1 Å². The maximum absolute atomic E-state index is 12.9. The number of rotatable bonds is 5. The predicted octanol–water partition coefficient (Wildman–Crippen LogP) is 0.790. The summed E-state index contributed by atoms with van der Waals surface area (Å²) >= 11 is 1.54. The van der Waals surface area contributed by atoms with Gasteiger partial charge in [-0.3, -0.25) is 4.79 Å². The van der Waals surface area contributed by atoms with E-state index in [1.54, 1.807) is 23.5 Å². The second-order valence-electron chi connectivity index (χ2n) is 6.16. The molecular formula is C16H16N6O3S2. The Labute approximate surface area is 159 Å². The predicted molar refractivity (Wildman–Crippen MR) is 98.0 cm³/mol. The molecule has 1 aliphatic carbocycles. The number of carbonyl (C=O) groups is 1. The summed E-state index contributed by atoms with van der Waals surface area (Å²) < 4.78 is 24.1. The van der Waals surface area contributed by atoms with Crippen LogP contribution in [0.2, 0.25) is 0 Å². The molecule has 3 N–H and O–H groups in total. The van der Waals surface area contributed by atoms with Gasteiger partial charge in [0.2, 0.25) is 10.0 Å². The van der Waals surface area contributed by atoms with Crippen LogP contribution in [-0.2, 0) is 29.4 Å². The number of nitrogens with two attached hydrogens (primary N) is 1. The van der Waals surface area contributed by atoms with Crippen molar-refractivity contribution in [3.8, 4) is 5.00 Å². The molecular weight excluding hydrogens is 388 g/mol. The summed E-state index contributed by atoms with van der Waals surface area (Å²) in [6.07, 6.45) is 4.33. The summed E-state index contributed by atoms with van der Waals surface area (Å²) in [6, 6.07) is 6.10. The number of nitrogens with one attached hydrogen (secondary N) is 1. The Morgan fingerprint density at radius 3 is 2.70 bits per heavy atom. The molecule has 9 nitrogen and oxygen atoms in total. The fourth-order valence-electron chi connectivity index (χ4n) is 3.11. The van der Waals surface area contributed by atoms with Crippen molar-refractivity contribution in [1.82, 2.24) is 25.5 Å². The Bertz CT molecular complexity index is 1090. The van der Waals surface area contributed by atoms with Crippen LogP contribution in [-0.4, -0.2) is 34.5 Å². The first-order valence-corrected chi connectivity index (χ1v) is 10.6. The van der Waals surface area contributed by atoms with Crippen molar-refractivity contribution in [3.05, 3.63) is 52.2 Å². The van der Waals surface area contributed by atoms with Crippen molar-refractivity contribution in [2.75, 3.05) is 0 Å². The fraction of sp³-hybridized carbons (Fsp3) is 0.250. The van der Waals surface area contributed by atoms with Crippen molar-refractivity contribution >= 4 is 27.3 Å². The largest absolute Gasteiger partial charge is 0.348 e. The molecule has 0 spiro atoms. The molecule has 0 bridgehead atoms. The van der Waals surface area contributed by atoms with Crippen LogP contribution in [0, 0.1) is 0 Å². The van der Waals surface area contributed by atoms with Crippen molar-refractivity contribution in [2.45, 2.75) is 30.7 Å². The van der Waals surface area contributed by atoms with E-state index in [0.29, 0.717) is 10.6 Å². The Hall–Kier alpha value is -2.63. The third-order valence-corrected chi connectivity index (χ3v) is 6.60. The van der Waals surface area contributed by atoms with Gasteiger partial charge in [0.25, 0.3) is 5.91 Å². The third kappa shape index (κ3) is 3.48. The summed E-state index contributed by atoms with van der Waals surface area (Å²) in [5.74, 6) is -0.199. The summed E-state index contributed by atoms with van der Waals surface area (Å²) in [7, 11) is -3.73. The second kappa shape index (κ2) is 6.83. The molecule has 27 heavy (non-hydrogen) atoms. The minimum atomic E-state index is -3.73. The first-order chi connectivity index (χ1) is 12.9. The van der Waals surface area contributed by atoms with E-state index in [1.165, 1.54) is 28.0 Å². The molecule has 1 aliphatic rings. The molecule has 4 rings (SSSR count). The number of amides is 1. The van der Waals surface area contributed by atoms with Gasteiger partial charge in [0.15, 0.2) is 0 Å². The first-order valence-electron chi connectivity index (χ1n) is 8.21. The SMILES string of the molecule is NS(=O)(=O)c1ccc(CNC(=O)c2c(-n3cnnn3)sc3c2CCC3)cc1. The molecule has 1 amide bonds. The zero-order valence-corrected chi connectivity index (χ0v) is 15.8. The maximum atomic E-state index is 12.9. The molecule has 140 valence electrons. The molecule has 0 unspecified atom stereocenters. The topological polar surface area (TPSA) is 133 Å². The fourth-order valence-corrected chi connectivity index (χ4v) is 4.93. The van der Waals surface area contributed by atoms with Crippen LogP contribution < -0.4 is 10.5 Å². The highest BCUT2D eigenvalue weighted by Crippen LogP contribution is 2.37. The highest BCUT2D eigenvalue weighted by atomic mass is 32.2. The number of benzene rings is 1. The van der Waals surface area contributed by atoms with Crippen molar-refractivity contribution in [1.29, 1.82) is 0 Å². The minimum Gasteiger partial charge on any atom is -0.348 e. The molecule has 11 heteroatoms. The van der Waals surface area contributed by atoms with Crippen LogP contribution in [0.1, 0.15) is 32.8 Å².